The average Bonchev–Trinajstić information content (AvgIpc) is 3.55. The number of rotatable bonds is 9. The van der Waals surface area contributed by atoms with Crippen LogP contribution in [0.2, 0.25) is 0 Å². The highest BCUT2D eigenvalue weighted by Crippen LogP contribution is 2.46. The Kier molecular flexibility index (Phi) is 7.15. The quantitative estimate of drug-likeness (QED) is 0.391. The Balaban J connectivity index is 1.20. The Morgan fingerprint density at radius 3 is 2.70 bits per heavy atom. The van der Waals surface area contributed by atoms with Crippen LogP contribution in [0.15, 0.2) is 29.2 Å². The van der Waals surface area contributed by atoms with Crippen LogP contribution in [-0.4, -0.2) is 86.7 Å². The summed E-state index contributed by atoms with van der Waals surface area (Å²) in [4.78, 5) is 12.2. The molecule has 3 fully saturated rings. The normalized spacial score (nSPS) is 24.2. The van der Waals surface area contributed by atoms with Gasteiger partial charge in [0.2, 0.25) is 0 Å². The van der Waals surface area contributed by atoms with Gasteiger partial charge in [-0.1, -0.05) is 6.07 Å². The Morgan fingerprint density at radius 1 is 1.24 bits per heavy atom. The van der Waals surface area contributed by atoms with Crippen molar-refractivity contribution in [3.63, 3.8) is 0 Å². The van der Waals surface area contributed by atoms with Crippen LogP contribution in [0.3, 0.4) is 0 Å². The molecular formula is C22H32N2O8S. The molecule has 4 rings (SSSR count). The third-order valence-electron chi connectivity index (χ3n) is 6.68. The van der Waals surface area contributed by atoms with Crippen molar-refractivity contribution >= 4 is 15.9 Å². The van der Waals surface area contributed by atoms with Crippen LogP contribution in [0.4, 0.5) is 4.79 Å². The Hall–Kier alpha value is -1.92. The first-order valence-corrected chi connectivity index (χ1v) is 12.8. The minimum atomic E-state index is -3.67. The first kappa shape index (κ1) is 24.2. The van der Waals surface area contributed by atoms with Gasteiger partial charge in [-0.15, -0.1) is 0 Å². The summed E-state index contributed by atoms with van der Waals surface area (Å²) in [6.45, 7) is 1.40. The van der Waals surface area contributed by atoms with Gasteiger partial charge in [-0.25, -0.2) is 13.2 Å². The number of aliphatic hydroxyl groups excluding tert-OH is 2. The molecular weight excluding hydrogens is 452 g/mol. The number of piperidine rings is 1. The molecule has 1 aliphatic carbocycles. The first-order chi connectivity index (χ1) is 15.8. The Labute approximate surface area is 193 Å². The molecule has 184 valence electrons. The highest BCUT2D eigenvalue weighted by atomic mass is 32.2. The molecule has 3 aliphatic rings. The lowest BCUT2D eigenvalue weighted by Gasteiger charge is -2.32. The van der Waals surface area contributed by atoms with Crippen molar-refractivity contribution < 1.29 is 37.6 Å². The van der Waals surface area contributed by atoms with Crippen molar-refractivity contribution in [1.82, 2.24) is 10.6 Å². The van der Waals surface area contributed by atoms with Crippen LogP contribution in [-0.2, 0) is 19.3 Å². The third kappa shape index (κ3) is 5.43. The van der Waals surface area contributed by atoms with Gasteiger partial charge in [-0.2, -0.15) is 0 Å². The molecule has 0 bridgehead atoms. The van der Waals surface area contributed by atoms with Gasteiger partial charge in [0.15, 0.2) is 9.84 Å². The van der Waals surface area contributed by atoms with Crippen LogP contribution in [0.25, 0.3) is 0 Å². The van der Waals surface area contributed by atoms with Gasteiger partial charge in [0, 0.05) is 0 Å². The fourth-order valence-corrected chi connectivity index (χ4v) is 6.26. The van der Waals surface area contributed by atoms with E-state index in [0.717, 1.165) is 32.4 Å². The maximum atomic E-state index is 12.7. The lowest BCUT2D eigenvalue weighted by Crippen LogP contribution is -2.43. The molecule has 1 aromatic rings. The van der Waals surface area contributed by atoms with Crippen LogP contribution in [0.5, 0.6) is 5.75 Å². The number of hydrogen-bond donors (Lipinski definition) is 4. The van der Waals surface area contributed by atoms with Gasteiger partial charge in [0.1, 0.15) is 25.1 Å². The molecule has 1 saturated carbocycles. The Morgan fingerprint density at radius 2 is 2.00 bits per heavy atom. The van der Waals surface area contributed by atoms with Gasteiger partial charge in [0.25, 0.3) is 0 Å². The molecule has 11 heteroatoms. The van der Waals surface area contributed by atoms with Crippen molar-refractivity contribution in [1.29, 1.82) is 0 Å². The lowest BCUT2D eigenvalue weighted by molar-refractivity contribution is -0.0194. The Bertz CT molecular complexity index is 943. The average molecular weight is 485 g/mol. The van der Waals surface area contributed by atoms with E-state index in [4.69, 9.17) is 14.2 Å². The van der Waals surface area contributed by atoms with E-state index in [2.05, 4.69) is 10.6 Å². The van der Waals surface area contributed by atoms with E-state index < -0.39 is 33.4 Å². The zero-order valence-electron chi connectivity index (χ0n) is 18.5. The largest absolute Gasteiger partial charge is 0.491 e. The second kappa shape index (κ2) is 9.75. The predicted octanol–water partition coefficient (Wildman–Crippen LogP) is 0.362. The van der Waals surface area contributed by atoms with E-state index in [9.17, 15) is 23.4 Å². The van der Waals surface area contributed by atoms with Gasteiger partial charge in [0.05, 0.1) is 34.5 Å². The van der Waals surface area contributed by atoms with E-state index >= 15 is 0 Å². The molecule has 1 unspecified atom stereocenters. The van der Waals surface area contributed by atoms with Crippen molar-refractivity contribution in [2.24, 2.45) is 0 Å². The number of sulfone groups is 1. The number of nitrogens with one attached hydrogen (secondary N) is 2. The lowest BCUT2D eigenvalue weighted by atomic mass is 9.88. The summed E-state index contributed by atoms with van der Waals surface area (Å²) in [5, 5.41) is 25.7. The molecule has 2 heterocycles. The number of amides is 1. The van der Waals surface area contributed by atoms with Crippen LogP contribution >= 0.6 is 0 Å². The third-order valence-corrected chi connectivity index (χ3v) is 9.23. The van der Waals surface area contributed by atoms with Crippen molar-refractivity contribution in [2.75, 3.05) is 39.5 Å². The molecule has 4 N–H and O–H groups in total. The van der Waals surface area contributed by atoms with Crippen molar-refractivity contribution in [3.8, 4) is 5.75 Å². The number of ether oxygens (including phenoxy) is 3. The molecule has 2 atom stereocenters. The van der Waals surface area contributed by atoms with E-state index in [1.54, 1.807) is 12.1 Å². The van der Waals surface area contributed by atoms with Gasteiger partial charge in [-0.05, 0) is 63.4 Å². The molecule has 2 aliphatic heterocycles. The second-order valence-corrected chi connectivity index (χ2v) is 11.5. The molecule has 0 radical (unpaired) electrons. The van der Waals surface area contributed by atoms with Gasteiger partial charge >= 0.3 is 6.09 Å². The summed E-state index contributed by atoms with van der Waals surface area (Å²) in [7, 11) is -3.67. The minimum Gasteiger partial charge on any atom is -0.491 e. The summed E-state index contributed by atoms with van der Waals surface area (Å²) in [5.74, 6) is 0.267. The summed E-state index contributed by atoms with van der Waals surface area (Å²) in [6, 6.07) is 5.84. The molecule has 10 nitrogen and oxygen atoms in total. The zero-order valence-corrected chi connectivity index (χ0v) is 19.3. The van der Waals surface area contributed by atoms with E-state index in [-0.39, 0.29) is 35.5 Å². The topological polar surface area (TPSA) is 143 Å². The number of carbonyl (C=O) groups excluding carboxylic acids is 1. The SMILES string of the molecule is O=C(N[C@H]1COC2(CCNCC2)C1)OCC(O)COc1cccc(S(=O)(=O)C2(CO)CC2)c1. The molecule has 1 amide bonds. The number of hydrogen-bond acceptors (Lipinski definition) is 9. The summed E-state index contributed by atoms with van der Waals surface area (Å²) in [6.07, 6.45) is 1.73. The highest BCUT2D eigenvalue weighted by molar-refractivity contribution is 7.93. The summed E-state index contributed by atoms with van der Waals surface area (Å²) >= 11 is 0. The maximum Gasteiger partial charge on any atom is 0.407 e. The van der Waals surface area contributed by atoms with Crippen LogP contribution < -0.4 is 15.4 Å². The number of carbonyl (C=O) groups is 1. The molecule has 1 aromatic carbocycles. The minimum absolute atomic E-state index is 0.0713. The standard InChI is InChI=1S/C22H32N2O8S/c25-15-22(4-5-22)33(28,29)19-3-1-2-18(10-19)30-13-17(26)14-31-20(27)24-16-11-21(32-12-16)6-8-23-9-7-21/h1-3,10,16-17,23,25-26H,4-9,11-15H2,(H,24,27)/t16-,17?/m1/s1. The monoisotopic (exact) mass is 484 g/mol. The van der Waals surface area contributed by atoms with Crippen molar-refractivity contribution in [3.05, 3.63) is 24.3 Å². The molecule has 2 saturated heterocycles. The summed E-state index contributed by atoms with van der Waals surface area (Å²) < 4.78 is 40.9. The van der Waals surface area contributed by atoms with Crippen LogP contribution in [0.1, 0.15) is 32.1 Å². The van der Waals surface area contributed by atoms with E-state index in [1.165, 1.54) is 12.1 Å². The van der Waals surface area contributed by atoms with E-state index in [0.29, 0.717) is 19.4 Å². The first-order valence-electron chi connectivity index (χ1n) is 11.3. The smallest absolute Gasteiger partial charge is 0.407 e. The van der Waals surface area contributed by atoms with Crippen molar-refractivity contribution in [2.45, 2.75) is 59.5 Å². The van der Waals surface area contributed by atoms with Crippen LogP contribution in [0, 0.1) is 0 Å². The highest BCUT2D eigenvalue weighted by Gasteiger charge is 2.54. The zero-order chi connectivity index (χ0) is 23.5. The second-order valence-electron chi connectivity index (χ2n) is 9.17. The fourth-order valence-electron chi connectivity index (χ4n) is 4.42. The molecule has 0 aromatic heterocycles. The van der Waals surface area contributed by atoms with Gasteiger partial charge in [-0.3, -0.25) is 0 Å². The fraction of sp³-hybridized carbons (Fsp3) is 0.682. The number of alkyl carbamates (subject to hydrolysis) is 1. The predicted molar refractivity (Wildman–Crippen MR) is 118 cm³/mol. The van der Waals surface area contributed by atoms with Gasteiger partial charge < -0.3 is 35.1 Å². The number of aliphatic hydroxyl groups is 2. The number of benzene rings is 1. The maximum absolute atomic E-state index is 12.7. The molecule has 33 heavy (non-hydrogen) atoms. The summed E-state index contributed by atoms with van der Waals surface area (Å²) in [5.41, 5.74) is -0.172. The molecule has 1 spiro atoms. The van der Waals surface area contributed by atoms with E-state index in [1.807, 2.05) is 0 Å².